The van der Waals surface area contributed by atoms with Gasteiger partial charge in [0.2, 0.25) is 0 Å². The van der Waals surface area contributed by atoms with Crippen LogP contribution in [0.2, 0.25) is 9.36 Å². The lowest BCUT2D eigenvalue weighted by molar-refractivity contribution is 0.549. The Morgan fingerprint density at radius 3 is 2.72 bits per heavy atom. The van der Waals surface area contributed by atoms with Crippen LogP contribution in [0.3, 0.4) is 0 Å². The number of benzene rings is 1. The maximum atomic E-state index is 13.5. The van der Waals surface area contributed by atoms with E-state index in [1.54, 1.807) is 12.1 Å². The van der Waals surface area contributed by atoms with Gasteiger partial charge < -0.3 is 5.32 Å². The first kappa shape index (κ1) is 13.8. The van der Waals surface area contributed by atoms with E-state index in [9.17, 15) is 4.39 Å². The minimum absolute atomic E-state index is 0.126. The molecule has 1 atom stereocenters. The molecule has 0 aliphatic carbocycles. The quantitative estimate of drug-likeness (QED) is 0.834. The summed E-state index contributed by atoms with van der Waals surface area (Å²) in [5.41, 5.74) is 0.567. The molecule has 1 aromatic heterocycles. The zero-order valence-electron chi connectivity index (χ0n) is 9.71. The molecule has 96 valence electrons. The van der Waals surface area contributed by atoms with Crippen LogP contribution in [0, 0.1) is 5.82 Å². The van der Waals surface area contributed by atoms with Crippen molar-refractivity contribution in [2.24, 2.45) is 0 Å². The van der Waals surface area contributed by atoms with Gasteiger partial charge in [0.15, 0.2) is 0 Å². The van der Waals surface area contributed by atoms with Gasteiger partial charge >= 0.3 is 0 Å². The van der Waals surface area contributed by atoms with Crippen molar-refractivity contribution in [3.8, 4) is 0 Å². The molecular formula is C13H12Cl2FNS. The number of hydrogen-bond acceptors (Lipinski definition) is 2. The highest BCUT2D eigenvalue weighted by Crippen LogP contribution is 2.27. The average Bonchev–Trinajstić information content (AvgIpc) is 2.77. The van der Waals surface area contributed by atoms with Gasteiger partial charge in [-0.2, -0.15) is 0 Å². The van der Waals surface area contributed by atoms with E-state index in [-0.39, 0.29) is 11.9 Å². The van der Waals surface area contributed by atoms with Gasteiger partial charge in [-0.25, -0.2) is 4.39 Å². The monoisotopic (exact) mass is 303 g/mol. The Balaban J connectivity index is 2.01. The van der Waals surface area contributed by atoms with Crippen molar-refractivity contribution in [2.75, 3.05) is 0 Å². The maximum Gasteiger partial charge on any atom is 0.127 e. The lowest BCUT2D eigenvalue weighted by atomic mass is 10.2. The molecule has 2 aromatic rings. The van der Waals surface area contributed by atoms with E-state index in [1.165, 1.54) is 17.4 Å². The second-order valence-electron chi connectivity index (χ2n) is 3.98. The van der Waals surface area contributed by atoms with Crippen LogP contribution in [-0.4, -0.2) is 0 Å². The van der Waals surface area contributed by atoms with E-state index >= 15 is 0 Å². The van der Waals surface area contributed by atoms with Crippen LogP contribution in [-0.2, 0) is 6.54 Å². The number of hydrogen-bond donors (Lipinski definition) is 1. The van der Waals surface area contributed by atoms with Crippen LogP contribution >= 0.6 is 34.5 Å². The van der Waals surface area contributed by atoms with Gasteiger partial charge in [0.25, 0.3) is 0 Å². The Bertz CT molecular complexity index is 542. The molecule has 0 aliphatic rings. The minimum Gasteiger partial charge on any atom is -0.305 e. The third-order valence-electron chi connectivity index (χ3n) is 2.63. The Hall–Kier alpha value is -0.610. The van der Waals surface area contributed by atoms with Crippen molar-refractivity contribution >= 4 is 34.5 Å². The van der Waals surface area contributed by atoms with Gasteiger partial charge in [-0.05, 0) is 37.3 Å². The molecule has 0 saturated carbocycles. The van der Waals surface area contributed by atoms with Crippen molar-refractivity contribution < 1.29 is 4.39 Å². The summed E-state index contributed by atoms with van der Waals surface area (Å²) in [7, 11) is 0. The standard InChI is InChI=1S/C13H12Cl2FNS/c1-8(12-4-5-13(15)18-12)17-7-9-6-10(14)2-3-11(9)16/h2-6,8,17H,7H2,1H3. The molecule has 0 saturated heterocycles. The minimum atomic E-state index is -0.247. The molecule has 0 amide bonds. The molecular weight excluding hydrogens is 292 g/mol. The predicted octanol–water partition coefficient (Wildman–Crippen LogP) is 5.04. The first-order chi connectivity index (χ1) is 8.56. The fraction of sp³-hybridized carbons (Fsp3) is 0.231. The molecule has 1 nitrogen and oxygen atoms in total. The van der Waals surface area contributed by atoms with Gasteiger partial charge in [0.1, 0.15) is 5.82 Å². The summed E-state index contributed by atoms with van der Waals surface area (Å²) >= 11 is 13.2. The van der Waals surface area contributed by atoms with E-state index in [0.717, 1.165) is 9.21 Å². The SMILES string of the molecule is CC(NCc1cc(Cl)ccc1F)c1ccc(Cl)s1. The van der Waals surface area contributed by atoms with Crippen molar-refractivity contribution in [3.05, 3.63) is 55.9 Å². The highest BCUT2D eigenvalue weighted by atomic mass is 35.5. The lowest BCUT2D eigenvalue weighted by Crippen LogP contribution is -2.17. The molecule has 0 fully saturated rings. The number of thiophene rings is 1. The van der Waals surface area contributed by atoms with Gasteiger partial charge in [-0.15, -0.1) is 11.3 Å². The third kappa shape index (κ3) is 3.45. The molecule has 18 heavy (non-hydrogen) atoms. The summed E-state index contributed by atoms with van der Waals surface area (Å²) in [4.78, 5) is 1.13. The second-order valence-corrected chi connectivity index (χ2v) is 6.16. The Labute approximate surface area is 120 Å². The Morgan fingerprint density at radius 1 is 1.28 bits per heavy atom. The van der Waals surface area contributed by atoms with Gasteiger partial charge in [-0.1, -0.05) is 23.2 Å². The molecule has 0 aliphatic heterocycles. The first-order valence-corrected chi connectivity index (χ1v) is 7.06. The molecule has 2 rings (SSSR count). The summed E-state index contributed by atoms with van der Waals surface area (Å²) in [5, 5.41) is 3.79. The topological polar surface area (TPSA) is 12.0 Å². The Kier molecular flexibility index (Phi) is 4.62. The van der Waals surface area contributed by atoms with Crippen molar-refractivity contribution in [2.45, 2.75) is 19.5 Å². The van der Waals surface area contributed by atoms with E-state index < -0.39 is 0 Å². The van der Waals surface area contributed by atoms with Crippen LogP contribution in [0.4, 0.5) is 4.39 Å². The molecule has 1 heterocycles. The van der Waals surface area contributed by atoms with Crippen LogP contribution in [0.15, 0.2) is 30.3 Å². The van der Waals surface area contributed by atoms with Crippen molar-refractivity contribution in [3.63, 3.8) is 0 Å². The molecule has 0 bridgehead atoms. The summed E-state index contributed by atoms with van der Waals surface area (Å²) in [6.07, 6.45) is 0. The van der Waals surface area contributed by atoms with E-state index in [2.05, 4.69) is 5.32 Å². The van der Waals surface area contributed by atoms with E-state index in [0.29, 0.717) is 17.1 Å². The number of halogens is 3. The number of rotatable bonds is 4. The van der Waals surface area contributed by atoms with Crippen LogP contribution in [0.25, 0.3) is 0 Å². The lowest BCUT2D eigenvalue weighted by Gasteiger charge is -2.12. The zero-order valence-corrected chi connectivity index (χ0v) is 12.0. The third-order valence-corrected chi connectivity index (χ3v) is 4.28. The van der Waals surface area contributed by atoms with Crippen molar-refractivity contribution in [1.82, 2.24) is 5.32 Å². The molecule has 0 radical (unpaired) electrons. The fourth-order valence-electron chi connectivity index (χ4n) is 1.60. The van der Waals surface area contributed by atoms with Crippen LogP contribution in [0.5, 0.6) is 0 Å². The summed E-state index contributed by atoms with van der Waals surface area (Å²) < 4.78 is 14.3. The average molecular weight is 304 g/mol. The van der Waals surface area contributed by atoms with E-state index in [1.807, 2.05) is 19.1 Å². The molecule has 0 spiro atoms. The molecule has 1 N–H and O–H groups in total. The zero-order chi connectivity index (χ0) is 13.1. The largest absolute Gasteiger partial charge is 0.305 e. The normalized spacial score (nSPS) is 12.7. The number of nitrogens with one attached hydrogen (secondary N) is 1. The first-order valence-electron chi connectivity index (χ1n) is 5.49. The second kappa shape index (κ2) is 6.02. The summed E-state index contributed by atoms with van der Waals surface area (Å²) in [5.74, 6) is -0.247. The highest BCUT2D eigenvalue weighted by Gasteiger charge is 2.09. The summed E-state index contributed by atoms with van der Waals surface area (Å²) in [6.45, 7) is 2.45. The Morgan fingerprint density at radius 2 is 2.06 bits per heavy atom. The smallest absolute Gasteiger partial charge is 0.127 e. The maximum absolute atomic E-state index is 13.5. The molecule has 1 unspecified atom stereocenters. The van der Waals surface area contributed by atoms with Gasteiger partial charge in [0, 0.05) is 28.0 Å². The summed E-state index contributed by atoms with van der Waals surface area (Å²) in [6, 6.07) is 8.52. The predicted molar refractivity (Wildman–Crippen MR) is 76.0 cm³/mol. The highest BCUT2D eigenvalue weighted by molar-refractivity contribution is 7.16. The molecule has 1 aromatic carbocycles. The van der Waals surface area contributed by atoms with E-state index in [4.69, 9.17) is 23.2 Å². The van der Waals surface area contributed by atoms with Crippen LogP contribution < -0.4 is 5.32 Å². The fourth-order valence-corrected chi connectivity index (χ4v) is 2.89. The molecule has 5 heteroatoms. The van der Waals surface area contributed by atoms with Gasteiger partial charge in [-0.3, -0.25) is 0 Å². The van der Waals surface area contributed by atoms with Crippen LogP contribution in [0.1, 0.15) is 23.4 Å². The van der Waals surface area contributed by atoms with Crippen molar-refractivity contribution in [1.29, 1.82) is 0 Å². The van der Waals surface area contributed by atoms with Gasteiger partial charge in [0.05, 0.1) is 4.34 Å².